The van der Waals surface area contributed by atoms with Crippen molar-refractivity contribution in [2.75, 3.05) is 11.9 Å². The number of rotatable bonds is 4. The number of fused-ring (bicyclic) bond motifs is 1. The Morgan fingerprint density at radius 1 is 1.15 bits per heavy atom. The van der Waals surface area contributed by atoms with E-state index in [9.17, 15) is 20.4 Å². The lowest BCUT2D eigenvalue weighted by atomic mass is 9.84. The average Bonchev–Trinajstić information content (AvgIpc) is 3.21. The van der Waals surface area contributed by atoms with E-state index in [1.807, 2.05) is 6.92 Å². The summed E-state index contributed by atoms with van der Waals surface area (Å²) in [7, 11) is 0. The second-order valence-corrected chi connectivity index (χ2v) is 7.42. The van der Waals surface area contributed by atoms with Crippen LogP contribution in [0.25, 0.3) is 11.2 Å². The third-order valence-corrected chi connectivity index (χ3v) is 5.64. The first-order chi connectivity index (χ1) is 13.0. The third kappa shape index (κ3) is 3.17. The normalized spacial score (nSPS) is 37.0. The van der Waals surface area contributed by atoms with Gasteiger partial charge in [-0.1, -0.05) is 13.3 Å². The second kappa shape index (κ2) is 7.28. The number of nitrogens with zero attached hydrogens (tertiary/aromatic N) is 4. The van der Waals surface area contributed by atoms with Gasteiger partial charge in [0.25, 0.3) is 0 Å². The SMILES string of the molecule is CC1CCCC(Nc2ncnc3c2ncn3[C@@H]2O[C@H](CO)C(O)C2O)C1O. The number of ether oxygens (including phenoxy) is 1. The van der Waals surface area contributed by atoms with E-state index in [1.54, 1.807) is 0 Å². The van der Waals surface area contributed by atoms with Crippen LogP contribution in [0.3, 0.4) is 0 Å². The van der Waals surface area contributed by atoms with Gasteiger partial charge >= 0.3 is 0 Å². The summed E-state index contributed by atoms with van der Waals surface area (Å²) < 4.78 is 7.08. The van der Waals surface area contributed by atoms with Crippen LogP contribution in [0, 0.1) is 5.92 Å². The zero-order chi connectivity index (χ0) is 19.1. The Morgan fingerprint density at radius 2 is 1.96 bits per heavy atom. The Hall–Kier alpha value is -1.85. The number of imidazole rings is 1. The Bertz CT molecular complexity index is 801. The molecule has 5 N–H and O–H groups in total. The van der Waals surface area contributed by atoms with E-state index in [0.29, 0.717) is 17.0 Å². The van der Waals surface area contributed by atoms with Crippen LogP contribution in [0.1, 0.15) is 32.4 Å². The summed E-state index contributed by atoms with van der Waals surface area (Å²) in [5.74, 6) is 0.716. The van der Waals surface area contributed by atoms with Crippen LogP contribution in [-0.4, -0.2) is 77.0 Å². The van der Waals surface area contributed by atoms with Crippen LogP contribution in [0.2, 0.25) is 0 Å². The highest BCUT2D eigenvalue weighted by molar-refractivity contribution is 5.82. The molecule has 2 aromatic heterocycles. The number of anilines is 1. The topological polar surface area (TPSA) is 146 Å². The van der Waals surface area contributed by atoms with E-state index in [4.69, 9.17) is 4.74 Å². The predicted octanol–water partition coefficient (Wildman–Crippen LogP) is -0.601. The number of hydrogen-bond acceptors (Lipinski definition) is 9. The fraction of sp³-hybridized carbons (Fsp3) is 0.706. The van der Waals surface area contributed by atoms with Gasteiger partial charge in [0, 0.05) is 0 Å². The smallest absolute Gasteiger partial charge is 0.167 e. The lowest BCUT2D eigenvalue weighted by molar-refractivity contribution is -0.0511. The highest BCUT2D eigenvalue weighted by atomic mass is 16.6. The second-order valence-electron chi connectivity index (χ2n) is 7.42. The molecule has 0 spiro atoms. The molecule has 1 aliphatic carbocycles. The van der Waals surface area contributed by atoms with Gasteiger partial charge in [0.15, 0.2) is 23.2 Å². The summed E-state index contributed by atoms with van der Waals surface area (Å²) in [6.45, 7) is 1.63. The first-order valence-electron chi connectivity index (χ1n) is 9.26. The van der Waals surface area contributed by atoms with Gasteiger partial charge in [-0.3, -0.25) is 4.57 Å². The minimum Gasteiger partial charge on any atom is -0.394 e. The van der Waals surface area contributed by atoms with Crippen molar-refractivity contribution in [3.05, 3.63) is 12.7 Å². The molecule has 7 atom stereocenters. The maximum atomic E-state index is 10.4. The fourth-order valence-electron chi connectivity index (χ4n) is 3.98. The van der Waals surface area contributed by atoms with Crippen molar-refractivity contribution < 1.29 is 25.2 Å². The van der Waals surface area contributed by atoms with Crippen molar-refractivity contribution >= 4 is 17.0 Å². The van der Waals surface area contributed by atoms with E-state index in [2.05, 4.69) is 20.3 Å². The fourth-order valence-corrected chi connectivity index (χ4v) is 3.98. The van der Waals surface area contributed by atoms with Gasteiger partial charge in [0.05, 0.1) is 25.1 Å². The van der Waals surface area contributed by atoms with E-state index >= 15 is 0 Å². The van der Waals surface area contributed by atoms with Crippen LogP contribution < -0.4 is 5.32 Å². The quantitative estimate of drug-likeness (QED) is 0.470. The molecule has 2 aliphatic rings. The van der Waals surface area contributed by atoms with Crippen molar-refractivity contribution in [1.29, 1.82) is 0 Å². The van der Waals surface area contributed by atoms with E-state index < -0.39 is 37.3 Å². The summed E-state index contributed by atoms with van der Waals surface area (Å²) in [6, 6.07) is -0.120. The van der Waals surface area contributed by atoms with Gasteiger partial charge in [0.1, 0.15) is 24.6 Å². The zero-order valence-electron chi connectivity index (χ0n) is 15.0. The third-order valence-electron chi connectivity index (χ3n) is 5.64. The Kier molecular flexibility index (Phi) is 4.99. The summed E-state index contributed by atoms with van der Waals surface area (Å²) in [5, 5.41) is 43.2. The highest BCUT2D eigenvalue weighted by Crippen LogP contribution is 2.33. The minimum atomic E-state index is -1.22. The molecule has 0 radical (unpaired) electrons. The zero-order valence-corrected chi connectivity index (χ0v) is 15.0. The molecular formula is C17H25N5O5. The molecule has 1 saturated heterocycles. The average molecular weight is 379 g/mol. The van der Waals surface area contributed by atoms with E-state index in [-0.39, 0.29) is 12.0 Å². The first kappa shape index (κ1) is 18.5. The summed E-state index contributed by atoms with van der Waals surface area (Å²) in [5.41, 5.74) is 0.918. The van der Waals surface area contributed by atoms with Gasteiger partial charge in [-0.25, -0.2) is 15.0 Å². The standard InChI is InChI=1S/C17H25N5O5/c1-8-3-2-4-9(12(8)24)21-15-11-16(19-6-18-15)22(7-20-11)17-14(26)13(25)10(5-23)27-17/h6-10,12-14,17,23-26H,2-5H2,1H3,(H,18,19,21)/t8?,9?,10-,12?,13?,14?,17-/m1/s1. The lowest BCUT2D eigenvalue weighted by Crippen LogP contribution is -2.41. The Morgan fingerprint density at radius 3 is 2.70 bits per heavy atom. The number of nitrogens with one attached hydrogen (secondary N) is 1. The molecule has 1 aliphatic heterocycles. The number of aromatic nitrogens is 4. The molecule has 3 heterocycles. The molecule has 148 valence electrons. The molecule has 2 fully saturated rings. The van der Waals surface area contributed by atoms with Crippen LogP contribution in [0.5, 0.6) is 0 Å². The molecule has 0 aromatic carbocycles. The van der Waals surface area contributed by atoms with Crippen LogP contribution in [0.4, 0.5) is 5.82 Å². The molecule has 0 bridgehead atoms. The molecule has 5 unspecified atom stereocenters. The maximum Gasteiger partial charge on any atom is 0.167 e. The molecule has 10 nitrogen and oxygen atoms in total. The van der Waals surface area contributed by atoms with Crippen molar-refractivity contribution in [3.8, 4) is 0 Å². The monoisotopic (exact) mass is 379 g/mol. The molecular weight excluding hydrogens is 354 g/mol. The predicted molar refractivity (Wildman–Crippen MR) is 94.8 cm³/mol. The summed E-state index contributed by atoms with van der Waals surface area (Å²) in [4.78, 5) is 12.8. The number of hydrogen-bond donors (Lipinski definition) is 5. The van der Waals surface area contributed by atoms with Crippen molar-refractivity contribution in [1.82, 2.24) is 19.5 Å². The van der Waals surface area contributed by atoms with E-state index in [0.717, 1.165) is 19.3 Å². The van der Waals surface area contributed by atoms with Crippen LogP contribution >= 0.6 is 0 Å². The molecule has 27 heavy (non-hydrogen) atoms. The Labute approximate surface area is 155 Å². The van der Waals surface area contributed by atoms with Crippen molar-refractivity contribution in [2.24, 2.45) is 5.92 Å². The van der Waals surface area contributed by atoms with Crippen molar-refractivity contribution in [2.45, 2.75) is 62.9 Å². The first-order valence-corrected chi connectivity index (χ1v) is 9.26. The summed E-state index contributed by atoms with van der Waals surface area (Å²) in [6.07, 6.45) is 1.04. The largest absolute Gasteiger partial charge is 0.394 e. The minimum absolute atomic E-state index is 0.120. The van der Waals surface area contributed by atoms with Gasteiger partial charge in [-0.2, -0.15) is 0 Å². The van der Waals surface area contributed by atoms with Gasteiger partial charge < -0.3 is 30.5 Å². The van der Waals surface area contributed by atoms with Gasteiger partial charge in [-0.15, -0.1) is 0 Å². The summed E-state index contributed by atoms with van der Waals surface area (Å²) >= 11 is 0. The van der Waals surface area contributed by atoms with Gasteiger partial charge in [0.2, 0.25) is 0 Å². The number of aliphatic hydroxyl groups is 4. The molecule has 0 amide bonds. The lowest BCUT2D eigenvalue weighted by Gasteiger charge is -2.33. The highest BCUT2D eigenvalue weighted by Gasteiger charge is 2.44. The maximum absolute atomic E-state index is 10.4. The van der Waals surface area contributed by atoms with E-state index in [1.165, 1.54) is 17.2 Å². The van der Waals surface area contributed by atoms with Crippen LogP contribution in [-0.2, 0) is 4.74 Å². The number of aliphatic hydroxyl groups excluding tert-OH is 4. The molecule has 10 heteroatoms. The Balaban J connectivity index is 1.62. The van der Waals surface area contributed by atoms with Crippen LogP contribution in [0.15, 0.2) is 12.7 Å². The molecule has 1 saturated carbocycles. The van der Waals surface area contributed by atoms with Crippen molar-refractivity contribution in [3.63, 3.8) is 0 Å². The molecule has 2 aromatic rings. The molecule has 4 rings (SSSR count). The van der Waals surface area contributed by atoms with Gasteiger partial charge in [-0.05, 0) is 18.8 Å².